The molecule has 1 aliphatic heterocycles. The molecule has 0 saturated heterocycles. The van der Waals surface area contributed by atoms with Crippen LogP contribution >= 0.6 is 0 Å². The van der Waals surface area contributed by atoms with Gasteiger partial charge in [-0.15, -0.1) is 0 Å². The van der Waals surface area contributed by atoms with Crippen LogP contribution in [0.5, 0.6) is 0 Å². The summed E-state index contributed by atoms with van der Waals surface area (Å²) < 4.78 is 0. The predicted octanol–water partition coefficient (Wildman–Crippen LogP) is 4.83. The van der Waals surface area contributed by atoms with Crippen molar-refractivity contribution in [1.82, 2.24) is 0 Å². The molecule has 0 bridgehead atoms. The number of amides is 2. The molecular formula is C28H30N4O2. The summed E-state index contributed by atoms with van der Waals surface area (Å²) in [5, 5.41) is 3.25. The van der Waals surface area contributed by atoms with Gasteiger partial charge in [-0.1, -0.05) is 29.8 Å². The van der Waals surface area contributed by atoms with Crippen LogP contribution in [-0.2, 0) is 9.59 Å². The Labute approximate surface area is 201 Å². The lowest BCUT2D eigenvalue weighted by molar-refractivity contribution is -0.120. The number of aryl methyl sites for hydroxylation is 2. The molecule has 0 fully saturated rings. The van der Waals surface area contributed by atoms with E-state index in [1.807, 2.05) is 113 Å². The predicted molar refractivity (Wildman–Crippen MR) is 140 cm³/mol. The van der Waals surface area contributed by atoms with Crippen LogP contribution in [0.1, 0.15) is 16.7 Å². The fourth-order valence-electron chi connectivity index (χ4n) is 4.12. The number of rotatable bonds is 6. The summed E-state index contributed by atoms with van der Waals surface area (Å²) in [5.41, 5.74) is 6.71. The van der Waals surface area contributed by atoms with E-state index in [0.717, 1.165) is 33.8 Å². The maximum atomic E-state index is 13.8. The first-order valence-corrected chi connectivity index (χ1v) is 11.2. The van der Waals surface area contributed by atoms with Crippen molar-refractivity contribution < 1.29 is 9.59 Å². The second-order valence-corrected chi connectivity index (χ2v) is 8.99. The number of nitrogens with zero attached hydrogens (tertiary/aromatic N) is 3. The Balaban J connectivity index is 1.82. The standard InChI is InChI=1S/C28H30N4O2/c1-18-10-15-24(19(2)16-18)25-26(29-20-11-13-21(14-12-20)30(3)4)28(34)32(27(25)33)23-9-7-8-22(17-23)31(5)6/h7-17,29H,1-6H3. The molecule has 3 aromatic rings. The number of hydrogen-bond acceptors (Lipinski definition) is 5. The van der Waals surface area contributed by atoms with E-state index in [2.05, 4.69) is 5.32 Å². The highest BCUT2D eigenvalue weighted by Crippen LogP contribution is 2.36. The summed E-state index contributed by atoms with van der Waals surface area (Å²) in [7, 11) is 7.80. The van der Waals surface area contributed by atoms with Crippen molar-refractivity contribution in [2.45, 2.75) is 13.8 Å². The highest BCUT2D eigenvalue weighted by atomic mass is 16.2. The van der Waals surface area contributed by atoms with E-state index in [1.54, 1.807) is 6.07 Å². The normalized spacial score (nSPS) is 13.5. The van der Waals surface area contributed by atoms with Gasteiger partial charge in [0.1, 0.15) is 5.70 Å². The van der Waals surface area contributed by atoms with Crippen molar-refractivity contribution in [1.29, 1.82) is 0 Å². The topological polar surface area (TPSA) is 55.9 Å². The first-order valence-electron chi connectivity index (χ1n) is 11.2. The van der Waals surface area contributed by atoms with Crippen molar-refractivity contribution in [3.8, 4) is 0 Å². The lowest BCUT2D eigenvalue weighted by Gasteiger charge is -2.19. The molecule has 1 aliphatic rings. The summed E-state index contributed by atoms with van der Waals surface area (Å²) in [4.78, 5) is 32.7. The molecule has 6 heteroatoms. The van der Waals surface area contributed by atoms with Gasteiger partial charge >= 0.3 is 0 Å². The Morgan fingerprint density at radius 2 is 1.41 bits per heavy atom. The second-order valence-electron chi connectivity index (χ2n) is 8.99. The Morgan fingerprint density at radius 1 is 0.735 bits per heavy atom. The zero-order chi connectivity index (χ0) is 24.6. The van der Waals surface area contributed by atoms with Gasteiger partial charge in [-0.3, -0.25) is 9.59 Å². The third-order valence-electron chi connectivity index (χ3n) is 5.99. The summed E-state index contributed by atoms with van der Waals surface area (Å²) in [6.45, 7) is 3.98. The van der Waals surface area contributed by atoms with Crippen molar-refractivity contribution >= 4 is 40.1 Å². The highest BCUT2D eigenvalue weighted by Gasteiger charge is 2.40. The average molecular weight is 455 g/mol. The van der Waals surface area contributed by atoms with Gasteiger partial charge in [0, 0.05) is 45.3 Å². The summed E-state index contributed by atoms with van der Waals surface area (Å²) in [6.07, 6.45) is 0. The molecule has 0 aliphatic carbocycles. The lowest BCUT2D eigenvalue weighted by atomic mass is 9.97. The van der Waals surface area contributed by atoms with E-state index in [9.17, 15) is 9.59 Å². The van der Waals surface area contributed by atoms with Crippen LogP contribution in [0.15, 0.2) is 72.4 Å². The lowest BCUT2D eigenvalue weighted by Crippen LogP contribution is -2.32. The van der Waals surface area contributed by atoms with Gasteiger partial charge in [0.15, 0.2) is 0 Å². The van der Waals surface area contributed by atoms with Crippen LogP contribution in [0.25, 0.3) is 5.57 Å². The van der Waals surface area contributed by atoms with Crippen LogP contribution < -0.4 is 20.0 Å². The minimum Gasteiger partial charge on any atom is -0.378 e. The Kier molecular flexibility index (Phi) is 6.16. The van der Waals surface area contributed by atoms with Crippen molar-refractivity contribution in [2.75, 3.05) is 48.2 Å². The van der Waals surface area contributed by atoms with E-state index >= 15 is 0 Å². The molecule has 0 unspecified atom stereocenters. The van der Waals surface area contributed by atoms with Gasteiger partial charge in [-0.25, -0.2) is 4.90 Å². The Morgan fingerprint density at radius 3 is 2.03 bits per heavy atom. The number of carbonyl (C=O) groups is 2. The van der Waals surface area contributed by atoms with E-state index in [1.165, 1.54) is 4.90 Å². The molecule has 1 N–H and O–H groups in total. The maximum absolute atomic E-state index is 13.8. The zero-order valence-corrected chi connectivity index (χ0v) is 20.5. The summed E-state index contributed by atoms with van der Waals surface area (Å²) in [6, 6.07) is 21.1. The number of imide groups is 1. The number of nitrogens with one attached hydrogen (secondary N) is 1. The maximum Gasteiger partial charge on any atom is 0.282 e. The van der Waals surface area contributed by atoms with Crippen molar-refractivity contribution in [3.63, 3.8) is 0 Å². The van der Waals surface area contributed by atoms with Gasteiger partial charge < -0.3 is 15.1 Å². The first-order chi connectivity index (χ1) is 16.2. The van der Waals surface area contributed by atoms with Gasteiger partial charge in [0.05, 0.1) is 11.3 Å². The van der Waals surface area contributed by atoms with Gasteiger partial charge in [0.25, 0.3) is 11.8 Å². The molecule has 0 spiro atoms. The van der Waals surface area contributed by atoms with Crippen molar-refractivity contribution in [2.24, 2.45) is 0 Å². The van der Waals surface area contributed by atoms with E-state index < -0.39 is 0 Å². The Bertz CT molecular complexity index is 1290. The van der Waals surface area contributed by atoms with Crippen LogP contribution in [-0.4, -0.2) is 40.0 Å². The molecule has 0 aromatic heterocycles. The quantitative estimate of drug-likeness (QED) is 0.541. The molecule has 0 atom stereocenters. The number of benzene rings is 3. The molecular weight excluding hydrogens is 424 g/mol. The van der Waals surface area contributed by atoms with Crippen LogP contribution in [0, 0.1) is 13.8 Å². The van der Waals surface area contributed by atoms with Crippen LogP contribution in [0.4, 0.5) is 22.7 Å². The van der Waals surface area contributed by atoms with Gasteiger partial charge in [-0.2, -0.15) is 0 Å². The summed E-state index contributed by atoms with van der Waals surface area (Å²) in [5.74, 6) is -0.701. The fraction of sp³-hybridized carbons (Fsp3) is 0.214. The fourth-order valence-corrected chi connectivity index (χ4v) is 4.12. The first kappa shape index (κ1) is 23.1. The third kappa shape index (κ3) is 4.27. The highest BCUT2D eigenvalue weighted by molar-refractivity contribution is 6.46. The zero-order valence-electron chi connectivity index (χ0n) is 20.5. The van der Waals surface area contributed by atoms with Crippen molar-refractivity contribution in [3.05, 3.63) is 89.1 Å². The second kappa shape index (κ2) is 9.06. The minimum absolute atomic E-state index is 0.282. The molecule has 174 valence electrons. The third-order valence-corrected chi connectivity index (χ3v) is 5.99. The molecule has 0 saturated carbocycles. The molecule has 2 amide bonds. The van der Waals surface area contributed by atoms with Gasteiger partial charge in [0.2, 0.25) is 0 Å². The monoisotopic (exact) mass is 454 g/mol. The number of carbonyl (C=O) groups excluding carboxylic acids is 2. The number of anilines is 4. The molecule has 4 rings (SSSR count). The SMILES string of the molecule is Cc1ccc(C2=C(Nc3ccc(N(C)C)cc3)C(=O)N(c3cccc(N(C)C)c3)C2=O)c(C)c1. The van der Waals surface area contributed by atoms with E-state index in [4.69, 9.17) is 0 Å². The molecule has 0 radical (unpaired) electrons. The van der Waals surface area contributed by atoms with E-state index in [0.29, 0.717) is 11.3 Å². The smallest absolute Gasteiger partial charge is 0.282 e. The molecule has 1 heterocycles. The van der Waals surface area contributed by atoms with Crippen LogP contribution in [0.2, 0.25) is 0 Å². The summed E-state index contributed by atoms with van der Waals surface area (Å²) >= 11 is 0. The van der Waals surface area contributed by atoms with E-state index in [-0.39, 0.29) is 17.5 Å². The van der Waals surface area contributed by atoms with Gasteiger partial charge in [-0.05, 0) is 67.4 Å². The molecule has 3 aromatic carbocycles. The Hall–Kier alpha value is -4.06. The average Bonchev–Trinajstić information content (AvgIpc) is 3.03. The molecule has 6 nitrogen and oxygen atoms in total. The minimum atomic E-state index is -0.368. The largest absolute Gasteiger partial charge is 0.378 e. The van der Waals surface area contributed by atoms with Crippen LogP contribution in [0.3, 0.4) is 0 Å². The number of hydrogen-bond donors (Lipinski definition) is 1. The molecule has 34 heavy (non-hydrogen) atoms.